The van der Waals surface area contributed by atoms with Gasteiger partial charge in [-0.2, -0.15) is 0 Å². The Balaban J connectivity index is 0.000000200. The van der Waals surface area contributed by atoms with E-state index in [4.69, 9.17) is 23.2 Å². The first-order valence-corrected chi connectivity index (χ1v) is 7.04. The Morgan fingerprint density at radius 2 is 0.950 bits per heavy atom. The monoisotopic (exact) mass is 308 g/mol. The number of Topliss-reactive ketones (excluding diaryl/α,β-unsaturated/α-hetero) is 2. The highest BCUT2D eigenvalue weighted by molar-refractivity contribution is 6.30. The van der Waals surface area contributed by atoms with Crippen LogP contribution in [0.2, 0.25) is 0 Å². The van der Waals surface area contributed by atoms with Gasteiger partial charge in [0, 0.05) is 11.1 Å². The molecule has 2 aromatic rings. The summed E-state index contributed by atoms with van der Waals surface area (Å²) in [5.41, 5.74) is 1.36. The molecule has 2 rings (SSSR count). The third-order valence-electron chi connectivity index (χ3n) is 2.43. The first kappa shape index (κ1) is 16.4. The van der Waals surface area contributed by atoms with Crippen molar-refractivity contribution in [2.24, 2.45) is 0 Å². The van der Waals surface area contributed by atoms with Crippen LogP contribution >= 0.6 is 23.2 Å². The Morgan fingerprint density at radius 3 is 1.20 bits per heavy atom. The van der Waals surface area contributed by atoms with E-state index < -0.39 is 0 Å². The van der Waals surface area contributed by atoms with Gasteiger partial charge >= 0.3 is 0 Å². The van der Waals surface area contributed by atoms with Gasteiger partial charge in [0.1, 0.15) is 0 Å². The number of halogens is 2. The quantitative estimate of drug-likeness (QED) is 0.626. The van der Waals surface area contributed by atoms with E-state index in [-0.39, 0.29) is 23.3 Å². The number of hydrogen-bond acceptors (Lipinski definition) is 2. The summed E-state index contributed by atoms with van der Waals surface area (Å²) in [5, 5.41) is 0. The second kappa shape index (κ2) is 9.29. The van der Waals surface area contributed by atoms with Crippen LogP contribution in [0.5, 0.6) is 0 Å². The molecule has 0 heterocycles. The lowest BCUT2D eigenvalue weighted by molar-refractivity contribution is 0.101. The SMILES string of the molecule is O=C(CCl)c1ccccc1.O=C(CCl)c1ccccc1. The smallest absolute Gasteiger partial charge is 0.177 e. The minimum atomic E-state index is -0.0257. The lowest BCUT2D eigenvalue weighted by atomic mass is 10.2. The van der Waals surface area contributed by atoms with Crippen LogP contribution in [0.1, 0.15) is 20.7 Å². The third-order valence-corrected chi connectivity index (χ3v) is 2.92. The number of alkyl halides is 2. The fourth-order valence-corrected chi connectivity index (χ4v) is 1.71. The van der Waals surface area contributed by atoms with Gasteiger partial charge in [-0.15, -0.1) is 23.2 Å². The van der Waals surface area contributed by atoms with Crippen molar-refractivity contribution in [1.29, 1.82) is 0 Å². The average Bonchev–Trinajstić information content (AvgIpc) is 2.55. The molecule has 0 atom stereocenters. The highest BCUT2D eigenvalue weighted by atomic mass is 35.5. The van der Waals surface area contributed by atoms with Gasteiger partial charge in [-0.05, 0) is 0 Å². The maximum atomic E-state index is 10.9. The van der Waals surface area contributed by atoms with Crippen LogP contribution < -0.4 is 0 Å². The second-order valence-corrected chi connectivity index (χ2v) is 4.38. The molecule has 0 fully saturated rings. The van der Waals surface area contributed by atoms with Gasteiger partial charge < -0.3 is 0 Å². The molecule has 0 aliphatic carbocycles. The summed E-state index contributed by atoms with van der Waals surface area (Å²) in [5.74, 6) is 0.0677. The molecule has 20 heavy (non-hydrogen) atoms. The Hall–Kier alpha value is -1.64. The number of rotatable bonds is 4. The fraction of sp³-hybridized carbons (Fsp3) is 0.125. The summed E-state index contributed by atoms with van der Waals surface area (Å²) < 4.78 is 0. The molecule has 2 nitrogen and oxygen atoms in total. The molecule has 0 saturated carbocycles. The standard InChI is InChI=1S/2C8H7ClO/c2*9-6-8(10)7-4-2-1-3-5-7/h2*1-5H,6H2. The summed E-state index contributed by atoms with van der Waals surface area (Å²) >= 11 is 10.7. The third kappa shape index (κ3) is 5.55. The molecule has 0 amide bonds. The first-order valence-electron chi connectivity index (χ1n) is 5.97. The molecule has 0 N–H and O–H groups in total. The van der Waals surface area contributed by atoms with E-state index in [0.29, 0.717) is 11.1 Å². The molecule has 0 radical (unpaired) electrons. The van der Waals surface area contributed by atoms with Crippen LogP contribution in [0.25, 0.3) is 0 Å². The normalized spacial score (nSPS) is 9.30. The van der Waals surface area contributed by atoms with Crippen molar-refractivity contribution in [2.45, 2.75) is 0 Å². The molecule has 2 aromatic carbocycles. The van der Waals surface area contributed by atoms with E-state index in [1.807, 2.05) is 36.4 Å². The molecule has 0 bridgehead atoms. The largest absolute Gasteiger partial charge is 0.293 e. The Kier molecular flexibility index (Phi) is 7.63. The molecule has 0 unspecified atom stereocenters. The van der Waals surface area contributed by atoms with Crippen LogP contribution in [-0.2, 0) is 0 Å². The molecule has 0 saturated heterocycles. The van der Waals surface area contributed by atoms with Gasteiger partial charge in [0.2, 0.25) is 0 Å². The Morgan fingerprint density at radius 1 is 0.650 bits per heavy atom. The second-order valence-electron chi connectivity index (χ2n) is 3.85. The number of carbonyl (C=O) groups is 2. The van der Waals surface area contributed by atoms with E-state index in [0.717, 1.165) is 0 Å². The molecule has 0 aliphatic heterocycles. The van der Waals surface area contributed by atoms with E-state index in [9.17, 15) is 9.59 Å². The summed E-state index contributed by atoms with van der Waals surface area (Å²) in [6.07, 6.45) is 0. The predicted octanol–water partition coefficient (Wildman–Crippen LogP) is 4.22. The van der Waals surface area contributed by atoms with Crippen molar-refractivity contribution in [3.63, 3.8) is 0 Å². The zero-order valence-corrected chi connectivity index (χ0v) is 12.3. The van der Waals surface area contributed by atoms with Crippen LogP contribution in [0.4, 0.5) is 0 Å². The molecule has 0 aliphatic rings. The van der Waals surface area contributed by atoms with Crippen molar-refractivity contribution in [3.05, 3.63) is 71.8 Å². The van der Waals surface area contributed by atoms with Crippen molar-refractivity contribution in [2.75, 3.05) is 11.8 Å². The van der Waals surface area contributed by atoms with Gasteiger partial charge in [0.25, 0.3) is 0 Å². The van der Waals surface area contributed by atoms with Gasteiger partial charge in [0.05, 0.1) is 11.8 Å². The predicted molar refractivity (Wildman–Crippen MR) is 83.0 cm³/mol. The van der Waals surface area contributed by atoms with E-state index in [2.05, 4.69) is 0 Å². The lowest BCUT2D eigenvalue weighted by Crippen LogP contribution is -1.98. The van der Waals surface area contributed by atoms with Gasteiger partial charge in [-0.3, -0.25) is 9.59 Å². The molecule has 0 spiro atoms. The number of ketones is 2. The average molecular weight is 309 g/mol. The van der Waals surface area contributed by atoms with Crippen molar-refractivity contribution < 1.29 is 9.59 Å². The Bertz CT molecular complexity index is 487. The van der Waals surface area contributed by atoms with Crippen LogP contribution in [0.3, 0.4) is 0 Å². The highest BCUT2D eigenvalue weighted by Crippen LogP contribution is 2.01. The van der Waals surface area contributed by atoms with E-state index in [1.165, 1.54) is 0 Å². The van der Waals surface area contributed by atoms with Gasteiger partial charge in [-0.25, -0.2) is 0 Å². The summed E-state index contributed by atoms with van der Waals surface area (Å²) in [7, 11) is 0. The highest BCUT2D eigenvalue weighted by Gasteiger charge is 2.00. The summed E-state index contributed by atoms with van der Waals surface area (Å²) in [6, 6.07) is 18.0. The van der Waals surface area contributed by atoms with E-state index >= 15 is 0 Å². The molecule has 104 valence electrons. The Labute approximate surface area is 128 Å². The van der Waals surface area contributed by atoms with Crippen molar-refractivity contribution in [3.8, 4) is 0 Å². The van der Waals surface area contributed by atoms with Gasteiger partial charge in [-0.1, -0.05) is 60.7 Å². The molecule has 0 aromatic heterocycles. The minimum absolute atomic E-state index is 0.0257. The van der Waals surface area contributed by atoms with Gasteiger partial charge in [0.15, 0.2) is 11.6 Å². The van der Waals surface area contributed by atoms with E-state index in [1.54, 1.807) is 24.3 Å². The molecular formula is C16H14Cl2O2. The first-order chi connectivity index (χ1) is 9.69. The van der Waals surface area contributed by atoms with Crippen molar-refractivity contribution >= 4 is 34.8 Å². The van der Waals surface area contributed by atoms with Crippen LogP contribution in [-0.4, -0.2) is 23.3 Å². The zero-order chi connectivity index (χ0) is 14.8. The number of hydrogen-bond donors (Lipinski definition) is 0. The topological polar surface area (TPSA) is 34.1 Å². The number of carbonyl (C=O) groups excluding carboxylic acids is 2. The maximum Gasteiger partial charge on any atom is 0.177 e. The summed E-state index contributed by atoms with van der Waals surface area (Å²) in [4.78, 5) is 21.8. The zero-order valence-electron chi connectivity index (χ0n) is 10.8. The van der Waals surface area contributed by atoms with Crippen LogP contribution in [0, 0.1) is 0 Å². The van der Waals surface area contributed by atoms with Crippen molar-refractivity contribution in [1.82, 2.24) is 0 Å². The fourth-order valence-electron chi connectivity index (χ4n) is 1.40. The summed E-state index contributed by atoms with van der Waals surface area (Å²) in [6.45, 7) is 0. The molecule has 4 heteroatoms. The lowest BCUT2D eigenvalue weighted by Gasteiger charge is -1.92. The molecular weight excluding hydrogens is 295 g/mol. The number of benzene rings is 2. The minimum Gasteiger partial charge on any atom is -0.293 e. The maximum absolute atomic E-state index is 10.9. The van der Waals surface area contributed by atoms with Crippen LogP contribution in [0.15, 0.2) is 60.7 Å².